The predicted octanol–water partition coefficient (Wildman–Crippen LogP) is -1.13. The van der Waals surface area contributed by atoms with Crippen molar-refractivity contribution >= 4 is 11.4 Å². The van der Waals surface area contributed by atoms with Crippen molar-refractivity contribution < 1.29 is 24.3 Å². The molecule has 0 spiro atoms. The van der Waals surface area contributed by atoms with Gasteiger partial charge in [0.1, 0.15) is 23.9 Å². The van der Waals surface area contributed by atoms with Crippen molar-refractivity contribution in [3.8, 4) is 0 Å². The van der Waals surface area contributed by atoms with E-state index in [9.17, 15) is 10.2 Å². The molecule has 14 nitrogen and oxygen atoms in total. The van der Waals surface area contributed by atoms with E-state index in [0.717, 1.165) is 0 Å². The molecule has 9 N–H and O–H groups in total. The van der Waals surface area contributed by atoms with Crippen molar-refractivity contribution in [2.24, 2.45) is 0 Å². The molecule has 0 aromatic carbocycles. The second-order valence-electron chi connectivity index (χ2n) is 9.34. The maximum Gasteiger partial charge on any atom is 0.316 e. The minimum atomic E-state index is -2.05. The van der Waals surface area contributed by atoms with Crippen molar-refractivity contribution in [3.63, 3.8) is 0 Å². The fourth-order valence-electron chi connectivity index (χ4n) is 3.79. The number of hydrogen-bond acceptors (Lipinski definition) is 10. The average Bonchev–Trinajstić information content (AvgIpc) is 3.59. The van der Waals surface area contributed by atoms with Crippen LogP contribution in [0.4, 0.5) is 11.4 Å². The van der Waals surface area contributed by atoms with Crippen LogP contribution in [-0.4, -0.2) is 68.6 Å². The Hall–Kier alpha value is -3.01. The number of nitrogens with two attached hydrogens (primary N) is 2. The first kappa shape index (κ1) is 28.6. The van der Waals surface area contributed by atoms with Crippen molar-refractivity contribution in [3.05, 3.63) is 42.5 Å². The van der Waals surface area contributed by atoms with E-state index in [0.29, 0.717) is 39.1 Å². The van der Waals surface area contributed by atoms with E-state index in [2.05, 4.69) is 31.0 Å². The van der Waals surface area contributed by atoms with Crippen LogP contribution in [0.25, 0.3) is 0 Å². The number of aromatic amines is 2. The molecule has 37 heavy (non-hydrogen) atoms. The summed E-state index contributed by atoms with van der Waals surface area (Å²) in [5.74, 6) is -3.87. The Balaban J connectivity index is 1.87. The molecule has 3 rings (SSSR count). The molecule has 0 saturated heterocycles. The molecule has 0 aliphatic carbocycles. The van der Waals surface area contributed by atoms with E-state index < -0.39 is 11.7 Å². The van der Waals surface area contributed by atoms with Gasteiger partial charge in [-0.2, -0.15) is 14.8 Å². The van der Waals surface area contributed by atoms with Gasteiger partial charge in [-0.25, -0.2) is 9.88 Å². The molecule has 206 valence electrons. The summed E-state index contributed by atoms with van der Waals surface area (Å²) in [7, 11) is 0. The predicted molar refractivity (Wildman–Crippen MR) is 134 cm³/mol. The van der Waals surface area contributed by atoms with Crippen LogP contribution in [0.15, 0.2) is 31.1 Å². The summed E-state index contributed by atoms with van der Waals surface area (Å²) in [5.41, 5.74) is 13.0. The number of aromatic nitrogens is 6. The highest BCUT2D eigenvalue weighted by Crippen LogP contribution is 2.23. The molecule has 0 saturated carbocycles. The van der Waals surface area contributed by atoms with E-state index >= 15 is 0 Å². The maximum atomic E-state index is 14.2. The molecule has 3 aromatic rings. The standard InChI is InChI=1S/C23H40N10O4/c1-16(2)36-11-5-7-26-22(34,20-18(24)13-28-30-20)32-9-10-33(15-32)23(35,21-19(25)14-29-31-21)27-8-6-12-37-17(3)4/h9-10,13-17,26-27,34H,5-8,11-12,24-25H2,1-4H3,(H,28,30)(H,29,31). The summed E-state index contributed by atoms with van der Waals surface area (Å²) in [6, 6.07) is 0. The minimum Gasteiger partial charge on any atom is -0.797 e. The lowest BCUT2D eigenvalue weighted by Gasteiger charge is -2.37. The van der Waals surface area contributed by atoms with E-state index in [1.807, 2.05) is 27.7 Å². The van der Waals surface area contributed by atoms with Gasteiger partial charge in [0, 0.05) is 26.3 Å². The number of ether oxygens (including phenoxy) is 2. The zero-order valence-corrected chi connectivity index (χ0v) is 21.9. The lowest BCUT2D eigenvalue weighted by atomic mass is 10.2. The molecular weight excluding hydrogens is 480 g/mol. The lowest BCUT2D eigenvalue weighted by molar-refractivity contribution is -0.803. The minimum absolute atomic E-state index is 0.0979. The Bertz CT molecular complexity index is 1010. The third-order valence-corrected chi connectivity index (χ3v) is 5.68. The molecular formula is C23H40N10O4. The Labute approximate surface area is 216 Å². The summed E-state index contributed by atoms with van der Waals surface area (Å²) in [6.07, 6.45) is 8.78. The smallest absolute Gasteiger partial charge is 0.316 e. The number of H-pyrrole nitrogens is 2. The fourth-order valence-corrected chi connectivity index (χ4v) is 3.79. The molecule has 0 fully saturated rings. The number of nitrogens with zero attached hydrogens (tertiary/aromatic N) is 4. The lowest BCUT2D eigenvalue weighted by Crippen LogP contribution is -2.66. The van der Waals surface area contributed by atoms with Crippen molar-refractivity contribution in [2.45, 2.75) is 64.4 Å². The van der Waals surface area contributed by atoms with E-state index in [1.165, 1.54) is 34.1 Å². The Morgan fingerprint density at radius 3 is 2.05 bits per heavy atom. The third kappa shape index (κ3) is 6.85. The van der Waals surface area contributed by atoms with Gasteiger partial charge in [0.25, 0.3) is 0 Å². The van der Waals surface area contributed by atoms with E-state index in [1.54, 1.807) is 6.20 Å². The van der Waals surface area contributed by atoms with Crippen molar-refractivity contribution in [1.29, 1.82) is 0 Å². The quantitative estimate of drug-likeness (QED) is 0.0687. The van der Waals surface area contributed by atoms with Crippen molar-refractivity contribution in [1.82, 2.24) is 35.6 Å². The highest BCUT2D eigenvalue weighted by atomic mass is 16.5. The molecule has 3 aromatic heterocycles. The molecule has 0 aliphatic heterocycles. The maximum absolute atomic E-state index is 14.2. The van der Waals surface area contributed by atoms with Gasteiger partial charge in [-0.05, 0) is 40.5 Å². The molecule has 3 heterocycles. The summed E-state index contributed by atoms with van der Waals surface area (Å²) in [6.45, 7) is 9.57. The van der Waals surface area contributed by atoms with Crippen LogP contribution in [0.2, 0.25) is 0 Å². The summed E-state index contributed by atoms with van der Waals surface area (Å²) < 4.78 is 14.0. The van der Waals surface area contributed by atoms with Gasteiger partial charge in [-0.1, -0.05) is 0 Å². The largest absolute Gasteiger partial charge is 0.797 e. The molecule has 2 unspecified atom stereocenters. The second kappa shape index (κ2) is 12.5. The molecule has 0 radical (unpaired) electrons. The van der Waals surface area contributed by atoms with Crippen LogP contribution in [0.5, 0.6) is 0 Å². The summed E-state index contributed by atoms with van der Waals surface area (Å²) in [4.78, 5) is 0. The molecule has 0 amide bonds. The van der Waals surface area contributed by atoms with Gasteiger partial charge in [0.05, 0.1) is 36.0 Å². The number of nitrogen functional groups attached to an aromatic ring is 2. The third-order valence-electron chi connectivity index (χ3n) is 5.68. The van der Waals surface area contributed by atoms with Crippen LogP contribution < -0.4 is 31.8 Å². The molecule has 2 atom stereocenters. The molecule has 14 heteroatoms. The number of aliphatic hydroxyl groups is 1. The summed E-state index contributed by atoms with van der Waals surface area (Å²) in [5, 5.41) is 45.4. The highest BCUT2D eigenvalue weighted by molar-refractivity contribution is 5.43. The first-order valence-corrected chi connectivity index (χ1v) is 12.4. The summed E-state index contributed by atoms with van der Waals surface area (Å²) >= 11 is 0. The van der Waals surface area contributed by atoms with Gasteiger partial charge in [0.15, 0.2) is 5.69 Å². The fraction of sp³-hybridized carbons (Fsp3) is 0.609. The van der Waals surface area contributed by atoms with Gasteiger partial charge in [-0.3, -0.25) is 15.5 Å². The second-order valence-corrected chi connectivity index (χ2v) is 9.34. The molecule has 0 aliphatic rings. The first-order valence-electron chi connectivity index (χ1n) is 12.4. The Kier molecular flexibility index (Phi) is 9.64. The van der Waals surface area contributed by atoms with Crippen molar-refractivity contribution in [2.75, 3.05) is 37.8 Å². The zero-order chi connectivity index (χ0) is 27.1. The topological polar surface area (TPSA) is 204 Å². The average molecular weight is 521 g/mol. The van der Waals surface area contributed by atoms with Crippen LogP contribution in [0, 0.1) is 0 Å². The SMILES string of the molecule is CC(C)OCCCNC([O-])(c1[nH]ncc1N)n1cc[n+](C(O)(NCCCOC(C)C)c2[nH]ncc2N)c1. The zero-order valence-electron chi connectivity index (χ0n) is 21.9. The number of anilines is 2. The first-order chi connectivity index (χ1) is 17.6. The van der Waals surface area contributed by atoms with Gasteiger partial charge < -0.3 is 31.2 Å². The van der Waals surface area contributed by atoms with E-state index in [4.69, 9.17) is 20.9 Å². The monoisotopic (exact) mass is 520 g/mol. The van der Waals surface area contributed by atoms with Crippen LogP contribution in [-0.2, 0) is 21.2 Å². The van der Waals surface area contributed by atoms with E-state index in [-0.39, 0.29) is 35.0 Å². The Morgan fingerprint density at radius 2 is 1.54 bits per heavy atom. The number of nitrogens with one attached hydrogen (secondary N) is 4. The van der Waals surface area contributed by atoms with Crippen LogP contribution in [0.1, 0.15) is 51.9 Å². The van der Waals surface area contributed by atoms with Crippen LogP contribution in [0.3, 0.4) is 0 Å². The van der Waals surface area contributed by atoms with Crippen LogP contribution >= 0.6 is 0 Å². The van der Waals surface area contributed by atoms with Gasteiger partial charge in [0.2, 0.25) is 6.33 Å². The highest BCUT2D eigenvalue weighted by Gasteiger charge is 2.41. The number of hydrogen-bond donors (Lipinski definition) is 7. The molecule has 0 bridgehead atoms. The number of rotatable bonds is 16. The Morgan fingerprint density at radius 1 is 1.00 bits per heavy atom. The number of imidazole rings is 1. The normalized spacial score (nSPS) is 15.4. The van der Waals surface area contributed by atoms with Gasteiger partial charge in [-0.15, -0.1) is 0 Å². The van der Waals surface area contributed by atoms with Gasteiger partial charge >= 0.3 is 5.85 Å².